The number of carboxylic acid groups (broad SMARTS) is 1. The fraction of sp³-hybridized carbons (Fsp3) is 0.538. The molecule has 1 aliphatic heterocycles. The van der Waals surface area contributed by atoms with Gasteiger partial charge in [-0.3, -0.25) is 4.79 Å². The Balaban J connectivity index is 1.76. The zero-order valence-electron chi connectivity index (χ0n) is 12.0. The van der Waals surface area contributed by atoms with Crippen LogP contribution < -0.4 is 5.32 Å². The first kappa shape index (κ1) is 16.9. The van der Waals surface area contributed by atoms with Gasteiger partial charge < -0.3 is 14.8 Å². The average molecular weight is 347 g/mol. The van der Waals surface area contributed by atoms with E-state index < -0.39 is 15.8 Å². The van der Waals surface area contributed by atoms with Crippen LogP contribution in [-0.2, 0) is 21.2 Å². The minimum absolute atomic E-state index is 0.0276. The number of furan rings is 1. The molecule has 0 bridgehead atoms. The molecule has 1 aromatic rings. The van der Waals surface area contributed by atoms with Crippen LogP contribution >= 0.6 is 11.8 Å². The molecule has 1 unspecified atom stereocenters. The fourth-order valence-electron chi connectivity index (χ4n) is 2.17. The maximum atomic E-state index is 11.7. The summed E-state index contributed by atoms with van der Waals surface area (Å²) in [5, 5.41) is 11.5. The number of aryl methyl sites for hydroxylation is 1. The van der Waals surface area contributed by atoms with Gasteiger partial charge in [0.2, 0.25) is 5.91 Å². The minimum Gasteiger partial charge on any atom is -0.478 e. The number of amides is 1. The summed E-state index contributed by atoms with van der Waals surface area (Å²) in [6.07, 6.45) is 0.583. The van der Waals surface area contributed by atoms with Gasteiger partial charge in [0, 0.05) is 5.25 Å². The second kappa shape index (κ2) is 6.74. The lowest BCUT2D eigenvalue weighted by atomic mass is 10.2. The van der Waals surface area contributed by atoms with E-state index >= 15 is 0 Å². The third-order valence-corrected chi connectivity index (χ3v) is 6.58. The molecule has 1 atom stereocenters. The number of thioether (sulfide) groups is 1. The van der Waals surface area contributed by atoms with Gasteiger partial charge in [0.1, 0.15) is 17.1 Å². The van der Waals surface area contributed by atoms with E-state index in [1.54, 1.807) is 6.92 Å². The average Bonchev–Trinajstić information content (AvgIpc) is 2.96. The number of carboxylic acids is 1. The van der Waals surface area contributed by atoms with Crippen molar-refractivity contribution in [2.45, 2.75) is 25.1 Å². The molecule has 0 aromatic carbocycles. The van der Waals surface area contributed by atoms with Crippen LogP contribution in [0.1, 0.15) is 28.3 Å². The van der Waals surface area contributed by atoms with Crippen molar-refractivity contribution in [1.82, 2.24) is 5.32 Å². The van der Waals surface area contributed by atoms with E-state index in [2.05, 4.69) is 5.32 Å². The molecule has 9 heteroatoms. The van der Waals surface area contributed by atoms with Crippen molar-refractivity contribution in [2.75, 3.05) is 17.3 Å². The summed E-state index contributed by atoms with van der Waals surface area (Å²) in [5.41, 5.74) is 0.0785. The molecule has 0 spiro atoms. The highest BCUT2D eigenvalue weighted by atomic mass is 32.2. The van der Waals surface area contributed by atoms with Gasteiger partial charge in [-0.2, -0.15) is 0 Å². The molecule has 7 nitrogen and oxygen atoms in total. The molecule has 0 saturated carbocycles. The van der Waals surface area contributed by atoms with Crippen LogP contribution in [0.4, 0.5) is 0 Å². The van der Waals surface area contributed by atoms with Crippen LogP contribution in [-0.4, -0.2) is 47.9 Å². The van der Waals surface area contributed by atoms with E-state index in [0.717, 1.165) is 0 Å². The number of hydrogen-bond acceptors (Lipinski definition) is 6. The van der Waals surface area contributed by atoms with Crippen LogP contribution in [0.2, 0.25) is 0 Å². The standard InChI is InChI=1S/C13H17NO6S2/c1-8-11(13(16)17)4-9(20-8)5-14-12(15)6-21-10-2-3-22(18,19)7-10/h4,10H,2-3,5-7H2,1H3,(H,14,15)(H,16,17). The summed E-state index contributed by atoms with van der Waals surface area (Å²) in [7, 11) is -2.93. The van der Waals surface area contributed by atoms with Gasteiger partial charge in [-0.25, -0.2) is 13.2 Å². The molecule has 2 heterocycles. The lowest BCUT2D eigenvalue weighted by molar-refractivity contribution is -0.118. The lowest BCUT2D eigenvalue weighted by Crippen LogP contribution is -2.25. The van der Waals surface area contributed by atoms with Crippen LogP contribution in [0.3, 0.4) is 0 Å². The van der Waals surface area contributed by atoms with Crippen molar-refractivity contribution < 1.29 is 27.5 Å². The fourth-order valence-corrected chi connectivity index (χ4v) is 5.64. The van der Waals surface area contributed by atoms with Gasteiger partial charge in [0.25, 0.3) is 0 Å². The third kappa shape index (κ3) is 4.51. The molecule has 1 saturated heterocycles. The molecule has 1 amide bonds. The van der Waals surface area contributed by atoms with Gasteiger partial charge in [0.15, 0.2) is 9.84 Å². The largest absolute Gasteiger partial charge is 0.478 e. The zero-order chi connectivity index (χ0) is 16.3. The summed E-state index contributed by atoms with van der Waals surface area (Å²) in [6.45, 7) is 1.65. The van der Waals surface area contributed by atoms with E-state index in [4.69, 9.17) is 9.52 Å². The topological polar surface area (TPSA) is 114 Å². The normalized spacial score (nSPS) is 20.0. The van der Waals surface area contributed by atoms with Crippen LogP contribution in [0.25, 0.3) is 0 Å². The number of sulfone groups is 1. The van der Waals surface area contributed by atoms with E-state index in [-0.39, 0.29) is 40.5 Å². The molecule has 1 aliphatic rings. The van der Waals surface area contributed by atoms with Crippen LogP contribution in [0.15, 0.2) is 10.5 Å². The Morgan fingerprint density at radius 1 is 1.50 bits per heavy atom. The van der Waals surface area contributed by atoms with Gasteiger partial charge >= 0.3 is 5.97 Å². The van der Waals surface area contributed by atoms with Crippen molar-refractivity contribution in [2.24, 2.45) is 0 Å². The molecule has 2 rings (SSSR count). The first-order valence-corrected chi connectivity index (χ1v) is 9.55. The van der Waals surface area contributed by atoms with Crippen molar-refractivity contribution >= 4 is 33.5 Å². The summed E-state index contributed by atoms with van der Waals surface area (Å²) in [6, 6.07) is 1.38. The summed E-state index contributed by atoms with van der Waals surface area (Å²) in [4.78, 5) is 22.6. The van der Waals surface area contributed by atoms with E-state index in [1.165, 1.54) is 17.8 Å². The summed E-state index contributed by atoms with van der Waals surface area (Å²) in [5.74, 6) is -0.151. The zero-order valence-corrected chi connectivity index (χ0v) is 13.6. The van der Waals surface area contributed by atoms with Gasteiger partial charge in [0.05, 0.1) is 23.8 Å². The van der Waals surface area contributed by atoms with E-state index in [1.807, 2.05) is 0 Å². The number of nitrogens with one attached hydrogen (secondary N) is 1. The number of aromatic carboxylic acids is 1. The molecule has 2 N–H and O–H groups in total. The highest BCUT2D eigenvalue weighted by Crippen LogP contribution is 2.24. The van der Waals surface area contributed by atoms with Crippen LogP contribution in [0.5, 0.6) is 0 Å². The second-order valence-electron chi connectivity index (χ2n) is 5.10. The maximum Gasteiger partial charge on any atom is 0.339 e. The summed E-state index contributed by atoms with van der Waals surface area (Å²) < 4.78 is 27.9. The molecule has 122 valence electrons. The number of carbonyl (C=O) groups is 2. The van der Waals surface area contributed by atoms with Crippen molar-refractivity contribution in [3.05, 3.63) is 23.2 Å². The highest BCUT2D eigenvalue weighted by Gasteiger charge is 2.28. The van der Waals surface area contributed by atoms with Crippen molar-refractivity contribution in [3.8, 4) is 0 Å². The molecular weight excluding hydrogens is 330 g/mol. The quantitative estimate of drug-likeness (QED) is 0.783. The SMILES string of the molecule is Cc1oc(CNC(=O)CSC2CCS(=O)(=O)C2)cc1C(=O)O. The highest BCUT2D eigenvalue weighted by molar-refractivity contribution is 8.02. The van der Waals surface area contributed by atoms with Crippen molar-refractivity contribution in [1.29, 1.82) is 0 Å². The van der Waals surface area contributed by atoms with Crippen LogP contribution in [0, 0.1) is 6.92 Å². The Morgan fingerprint density at radius 3 is 2.77 bits per heavy atom. The first-order valence-electron chi connectivity index (χ1n) is 6.68. The Morgan fingerprint density at radius 2 is 2.23 bits per heavy atom. The molecule has 0 radical (unpaired) electrons. The molecule has 0 aliphatic carbocycles. The predicted molar refractivity (Wildman–Crippen MR) is 81.8 cm³/mol. The Hall–Kier alpha value is -1.48. The third-order valence-electron chi connectivity index (χ3n) is 3.30. The first-order chi connectivity index (χ1) is 10.3. The number of rotatable bonds is 6. The smallest absolute Gasteiger partial charge is 0.339 e. The predicted octanol–water partition coefficient (Wildman–Crippen LogP) is 0.823. The van der Waals surface area contributed by atoms with Crippen molar-refractivity contribution in [3.63, 3.8) is 0 Å². The number of carbonyl (C=O) groups excluding carboxylic acids is 1. The van der Waals surface area contributed by atoms with Gasteiger partial charge in [-0.05, 0) is 19.4 Å². The molecular formula is C13H17NO6S2. The molecule has 1 fully saturated rings. The maximum absolute atomic E-state index is 11.7. The molecule has 1 aromatic heterocycles. The Bertz CT molecular complexity index is 679. The van der Waals surface area contributed by atoms with E-state index in [0.29, 0.717) is 17.9 Å². The Labute approximate surface area is 132 Å². The van der Waals surface area contributed by atoms with E-state index in [9.17, 15) is 18.0 Å². The Kier molecular flexibility index (Phi) is 5.17. The van der Waals surface area contributed by atoms with Gasteiger partial charge in [-0.1, -0.05) is 0 Å². The minimum atomic E-state index is -2.93. The lowest BCUT2D eigenvalue weighted by Gasteiger charge is -2.07. The second-order valence-corrected chi connectivity index (χ2v) is 8.62. The van der Waals surface area contributed by atoms with Gasteiger partial charge in [-0.15, -0.1) is 11.8 Å². The monoisotopic (exact) mass is 347 g/mol. The summed E-state index contributed by atoms with van der Waals surface area (Å²) >= 11 is 1.33. The molecule has 22 heavy (non-hydrogen) atoms. The number of hydrogen-bond donors (Lipinski definition) is 2.